The van der Waals surface area contributed by atoms with Crippen LogP contribution in [0.3, 0.4) is 0 Å². The zero-order chi connectivity index (χ0) is 21.4. The molecule has 4 unspecified atom stereocenters. The molecule has 0 bridgehead atoms. The second kappa shape index (κ2) is 6.35. The lowest BCUT2D eigenvalue weighted by Crippen LogP contribution is -2.69. The van der Waals surface area contributed by atoms with Crippen LogP contribution < -0.4 is 9.38 Å². The van der Waals surface area contributed by atoms with Crippen molar-refractivity contribution in [1.29, 1.82) is 0 Å². The average Bonchev–Trinajstić information content (AvgIpc) is 2.94. The maximum Gasteiger partial charge on any atom is 0.180 e. The Labute approximate surface area is 178 Å². The molecule has 0 N–H and O–H groups in total. The van der Waals surface area contributed by atoms with E-state index in [2.05, 4.69) is 97.8 Å². The van der Waals surface area contributed by atoms with Crippen molar-refractivity contribution in [2.45, 2.75) is 79.3 Å². The molecule has 156 valence electrons. The Morgan fingerprint density at radius 2 is 1.69 bits per heavy atom. The van der Waals surface area contributed by atoms with E-state index in [0.29, 0.717) is 6.17 Å². The highest BCUT2D eigenvalue weighted by Crippen LogP contribution is 2.66. The van der Waals surface area contributed by atoms with Gasteiger partial charge in [-0.15, -0.1) is 0 Å². The molecule has 0 spiro atoms. The van der Waals surface area contributed by atoms with Crippen molar-refractivity contribution < 1.29 is 0 Å². The fourth-order valence-corrected chi connectivity index (χ4v) is 7.34. The first-order valence-corrected chi connectivity index (χ1v) is 11.5. The molecular formula is C27H39N2+. The molecule has 0 aromatic heterocycles. The van der Waals surface area contributed by atoms with Crippen molar-refractivity contribution in [3.63, 3.8) is 0 Å². The SMILES string of the molecule is CCc1c(C)cc2c(c1C)[N+]1(C)c3ccccc3N(C)C1C(C)(CC)C2(C)CC. The summed E-state index contributed by atoms with van der Waals surface area (Å²) in [6, 6.07) is 11.7. The average molecular weight is 392 g/mol. The van der Waals surface area contributed by atoms with Crippen LogP contribution in [0.2, 0.25) is 0 Å². The maximum absolute atomic E-state index is 2.60. The molecule has 0 aliphatic carbocycles. The predicted molar refractivity (Wildman–Crippen MR) is 127 cm³/mol. The lowest BCUT2D eigenvalue weighted by atomic mass is 9.54. The lowest BCUT2D eigenvalue weighted by Gasteiger charge is -2.60. The van der Waals surface area contributed by atoms with Crippen LogP contribution in [0, 0.1) is 19.3 Å². The molecule has 0 saturated heterocycles. The smallest absolute Gasteiger partial charge is 0.180 e. The number of quaternary nitrogens is 1. The van der Waals surface area contributed by atoms with Crippen LogP contribution >= 0.6 is 0 Å². The Morgan fingerprint density at radius 3 is 2.28 bits per heavy atom. The Kier molecular flexibility index (Phi) is 4.48. The Bertz CT molecular complexity index is 977. The van der Waals surface area contributed by atoms with Gasteiger partial charge in [0.2, 0.25) is 0 Å². The molecule has 2 aromatic rings. The fraction of sp³-hybridized carbons (Fsp3) is 0.556. The summed E-state index contributed by atoms with van der Waals surface area (Å²) in [4.78, 5) is 2.60. The second-order valence-corrected chi connectivity index (χ2v) is 10.1. The van der Waals surface area contributed by atoms with Gasteiger partial charge in [0.05, 0.1) is 7.05 Å². The van der Waals surface area contributed by atoms with Crippen LogP contribution in [0.5, 0.6) is 0 Å². The minimum absolute atomic E-state index is 0.137. The normalized spacial score (nSPS) is 32.7. The standard InChI is InChI=1S/C27H39N2/c1-10-20-18(4)17-21-24(19(20)5)29(9)23-16-14-13-15-22(23)28(8)25(29)27(7,12-3)26(21,6)11-2/h13-17,25H,10-12H2,1-9H3/q+1. The van der Waals surface area contributed by atoms with Crippen molar-refractivity contribution in [2.75, 3.05) is 19.0 Å². The molecule has 2 heteroatoms. The molecule has 0 saturated carbocycles. The number of rotatable bonds is 3. The van der Waals surface area contributed by atoms with E-state index in [9.17, 15) is 0 Å². The van der Waals surface area contributed by atoms with E-state index in [1.54, 1.807) is 11.3 Å². The molecule has 29 heavy (non-hydrogen) atoms. The molecule has 2 nitrogen and oxygen atoms in total. The first kappa shape index (κ1) is 20.5. The van der Waals surface area contributed by atoms with Gasteiger partial charge in [-0.05, 0) is 56.4 Å². The summed E-state index contributed by atoms with van der Waals surface area (Å²) in [5, 5.41) is 0. The van der Waals surface area contributed by atoms with Gasteiger partial charge in [-0.25, -0.2) is 4.48 Å². The zero-order valence-electron chi connectivity index (χ0n) is 20.0. The number of anilines is 1. The highest BCUT2D eigenvalue weighted by atomic mass is 15.5. The van der Waals surface area contributed by atoms with Gasteiger partial charge in [0, 0.05) is 35.1 Å². The third-order valence-electron chi connectivity index (χ3n) is 9.20. The van der Waals surface area contributed by atoms with E-state index in [4.69, 9.17) is 0 Å². The summed E-state index contributed by atoms with van der Waals surface area (Å²) >= 11 is 0. The molecule has 4 atom stereocenters. The Morgan fingerprint density at radius 1 is 1.03 bits per heavy atom. The minimum Gasteiger partial charge on any atom is -0.319 e. The molecule has 2 aliphatic heterocycles. The monoisotopic (exact) mass is 391 g/mol. The van der Waals surface area contributed by atoms with Crippen molar-refractivity contribution in [3.05, 3.63) is 52.6 Å². The Balaban J connectivity index is 2.22. The number of para-hydroxylation sites is 2. The van der Waals surface area contributed by atoms with E-state index in [1.165, 1.54) is 34.5 Å². The molecule has 0 fully saturated rings. The first-order chi connectivity index (χ1) is 13.6. The second-order valence-electron chi connectivity index (χ2n) is 10.1. The molecular weight excluding hydrogens is 352 g/mol. The largest absolute Gasteiger partial charge is 0.319 e. The van der Waals surface area contributed by atoms with E-state index in [-0.39, 0.29) is 10.8 Å². The van der Waals surface area contributed by atoms with Crippen LogP contribution in [-0.2, 0) is 11.8 Å². The summed E-state index contributed by atoms with van der Waals surface area (Å²) in [5.41, 5.74) is 10.8. The number of benzene rings is 2. The third-order valence-corrected chi connectivity index (χ3v) is 9.20. The van der Waals surface area contributed by atoms with Gasteiger partial charge in [0.25, 0.3) is 0 Å². The number of nitrogens with zero attached hydrogens (tertiary/aromatic N) is 2. The van der Waals surface area contributed by atoms with Gasteiger partial charge in [-0.2, -0.15) is 0 Å². The van der Waals surface area contributed by atoms with Crippen molar-refractivity contribution in [3.8, 4) is 0 Å². The van der Waals surface area contributed by atoms with Gasteiger partial charge in [-0.3, -0.25) is 0 Å². The number of hydrogen-bond donors (Lipinski definition) is 0. The summed E-state index contributed by atoms with van der Waals surface area (Å²) in [6.45, 7) is 16.9. The maximum atomic E-state index is 2.60. The van der Waals surface area contributed by atoms with Gasteiger partial charge in [-0.1, -0.05) is 46.8 Å². The van der Waals surface area contributed by atoms with Gasteiger partial charge < -0.3 is 4.90 Å². The fourth-order valence-electron chi connectivity index (χ4n) is 7.34. The minimum atomic E-state index is 0.137. The van der Waals surface area contributed by atoms with Gasteiger partial charge >= 0.3 is 0 Å². The quantitative estimate of drug-likeness (QED) is 0.509. The van der Waals surface area contributed by atoms with E-state index >= 15 is 0 Å². The van der Waals surface area contributed by atoms with Crippen LogP contribution in [0.4, 0.5) is 17.1 Å². The Hall–Kier alpha value is -1.80. The molecule has 2 aromatic carbocycles. The van der Waals surface area contributed by atoms with Gasteiger partial charge in [0.15, 0.2) is 11.9 Å². The molecule has 2 heterocycles. The molecule has 0 amide bonds. The third kappa shape index (κ3) is 2.16. The summed E-state index contributed by atoms with van der Waals surface area (Å²) in [6.07, 6.45) is 3.82. The van der Waals surface area contributed by atoms with Crippen LogP contribution in [0.1, 0.15) is 69.7 Å². The lowest BCUT2D eigenvalue weighted by molar-refractivity contribution is 0.0326. The van der Waals surface area contributed by atoms with Crippen LogP contribution in [0.15, 0.2) is 30.3 Å². The number of fused-ring (bicyclic) bond motifs is 5. The topological polar surface area (TPSA) is 3.24 Å². The highest BCUT2D eigenvalue weighted by Gasteiger charge is 2.67. The highest BCUT2D eigenvalue weighted by molar-refractivity contribution is 5.84. The van der Waals surface area contributed by atoms with E-state index < -0.39 is 0 Å². The first-order valence-electron chi connectivity index (χ1n) is 11.5. The summed E-state index contributed by atoms with van der Waals surface area (Å²) in [5.74, 6) is 0. The van der Waals surface area contributed by atoms with E-state index in [0.717, 1.165) is 17.3 Å². The molecule has 4 rings (SSSR count). The zero-order valence-corrected chi connectivity index (χ0v) is 20.0. The summed E-state index contributed by atoms with van der Waals surface area (Å²) < 4.78 is 0.904. The number of hydrogen-bond acceptors (Lipinski definition) is 1. The number of aryl methyl sites for hydroxylation is 1. The van der Waals surface area contributed by atoms with Crippen LogP contribution in [-0.4, -0.2) is 20.3 Å². The van der Waals surface area contributed by atoms with Crippen molar-refractivity contribution >= 4 is 17.1 Å². The molecule has 2 aliphatic rings. The predicted octanol–water partition coefficient (Wildman–Crippen LogP) is 7.01. The van der Waals surface area contributed by atoms with Crippen molar-refractivity contribution in [1.82, 2.24) is 4.48 Å². The van der Waals surface area contributed by atoms with Crippen molar-refractivity contribution in [2.24, 2.45) is 5.41 Å². The van der Waals surface area contributed by atoms with Crippen LogP contribution in [0.25, 0.3) is 0 Å². The van der Waals surface area contributed by atoms with E-state index in [1.807, 2.05) is 0 Å². The summed E-state index contributed by atoms with van der Waals surface area (Å²) in [7, 11) is 4.81. The molecule has 0 radical (unpaired) electrons. The van der Waals surface area contributed by atoms with Gasteiger partial charge in [0.1, 0.15) is 11.4 Å².